The first-order chi connectivity index (χ1) is 9.78. The van der Waals surface area contributed by atoms with Crippen LogP contribution in [0.3, 0.4) is 0 Å². The summed E-state index contributed by atoms with van der Waals surface area (Å²) < 4.78 is 7.08. The molecule has 1 N–H and O–H groups in total. The molecule has 0 aliphatic rings. The zero-order chi connectivity index (χ0) is 14.2. The quantitative estimate of drug-likeness (QED) is 0.780. The van der Waals surface area contributed by atoms with E-state index in [0.717, 1.165) is 24.3 Å². The van der Waals surface area contributed by atoms with Crippen molar-refractivity contribution < 1.29 is 9.53 Å². The predicted octanol–water partition coefficient (Wildman–Crippen LogP) is 1.64. The Morgan fingerprint density at radius 1 is 1.35 bits per heavy atom. The van der Waals surface area contributed by atoms with Crippen molar-refractivity contribution in [1.82, 2.24) is 14.9 Å². The zero-order valence-electron chi connectivity index (χ0n) is 11.6. The highest BCUT2D eigenvalue weighted by Crippen LogP contribution is 2.11. The minimum atomic E-state index is 0.0424. The molecule has 0 atom stereocenters. The summed E-state index contributed by atoms with van der Waals surface area (Å²) in [4.78, 5) is 15.7. The molecule has 0 aliphatic heterocycles. The van der Waals surface area contributed by atoms with E-state index in [2.05, 4.69) is 10.3 Å². The van der Waals surface area contributed by atoms with Gasteiger partial charge in [-0.2, -0.15) is 0 Å². The number of aromatic nitrogens is 2. The van der Waals surface area contributed by atoms with Crippen molar-refractivity contribution in [1.29, 1.82) is 0 Å². The van der Waals surface area contributed by atoms with Crippen molar-refractivity contribution >= 4 is 5.91 Å². The molecule has 0 spiro atoms. The van der Waals surface area contributed by atoms with E-state index in [1.165, 1.54) is 0 Å². The molecule has 1 aromatic carbocycles. The summed E-state index contributed by atoms with van der Waals surface area (Å²) in [6.07, 6.45) is 6.74. The number of nitrogens with one attached hydrogen (secondary N) is 1. The Labute approximate surface area is 118 Å². The summed E-state index contributed by atoms with van der Waals surface area (Å²) in [7, 11) is 1.63. The molecule has 0 saturated heterocycles. The van der Waals surface area contributed by atoms with Crippen LogP contribution in [0.2, 0.25) is 0 Å². The Morgan fingerprint density at radius 2 is 2.15 bits per heavy atom. The van der Waals surface area contributed by atoms with Crippen molar-refractivity contribution in [2.75, 3.05) is 13.7 Å². The molecule has 0 fully saturated rings. The molecule has 2 rings (SSSR count). The zero-order valence-corrected chi connectivity index (χ0v) is 11.6. The van der Waals surface area contributed by atoms with E-state index in [-0.39, 0.29) is 5.91 Å². The lowest BCUT2D eigenvalue weighted by atomic mass is 10.1. The Kier molecular flexibility index (Phi) is 5.17. The van der Waals surface area contributed by atoms with Gasteiger partial charge in [-0.3, -0.25) is 4.79 Å². The first-order valence-electron chi connectivity index (χ1n) is 6.63. The molecule has 5 nitrogen and oxygen atoms in total. The maximum atomic E-state index is 11.8. The number of carbonyl (C=O) groups is 1. The number of imidazole rings is 1. The van der Waals surface area contributed by atoms with Crippen LogP contribution in [0.25, 0.3) is 0 Å². The van der Waals surface area contributed by atoms with Crippen molar-refractivity contribution in [2.45, 2.75) is 19.4 Å². The Hall–Kier alpha value is -2.30. The summed E-state index contributed by atoms with van der Waals surface area (Å²) in [5, 5.41) is 2.92. The third-order valence-electron chi connectivity index (χ3n) is 3.00. The fourth-order valence-electron chi connectivity index (χ4n) is 1.90. The maximum absolute atomic E-state index is 11.8. The summed E-state index contributed by atoms with van der Waals surface area (Å²) in [5.41, 5.74) is 0.984. The standard InChI is InChI=1S/C15H19N3O2/c1-20-14-5-3-13(4-6-14)11-15(19)17-7-2-9-18-10-8-16-12-18/h3-6,8,10,12H,2,7,9,11H2,1H3,(H,17,19). The molecule has 0 radical (unpaired) electrons. The van der Waals surface area contributed by atoms with E-state index in [1.807, 2.05) is 35.0 Å². The van der Waals surface area contributed by atoms with Gasteiger partial charge in [0.1, 0.15) is 5.75 Å². The van der Waals surface area contributed by atoms with Crippen LogP contribution in [-0.2, 0) is 17.8 Å². The largest absolute Gasteiger partial charge is 0.497 e. The van der Waals surface area contributed by atoms with E-state index >= 15 is 0 Å². The van der Waals surface area contributed by atoms with E-state index < -0.39 is 0 Å². The minimum absolute atomic E-state index is 0.0424. The summed E-state index contributed by atoms with van der Waals surface area (Å²) in [5.74, 6) is 0.843. The van der Waals surface area contributed by atoms with Gasteiger partial charge in [-0.05, 0) is 24.1 Å². The van der Waals surface area contributed by atoms with Gasteiger partial charge in [0.15, 0.2) is 0 Å². The highest BCUT2D eigenvalue weighted by atomic mass is 16.5. The van der Waals surface area contributed by atoms with Crippen LogP contribution < -0.4 is 10.1 Å². The van der Waals surface area contributed by atoms with Crippen LogP contribution in [0.5, 0.6) is 5.75 Å². The number of benzene rings is 1. The topological polar surface area (TPSA) is 56.1 Å². The van der Waals surface area contributed by atoms with Crippen molar-refractivity contribution in [3.05, 3.63) is 48.5 Å². The van der Waals surface area contributed by atoms with Gasteiger partial charge >= 0.3 is 0 Å². The van der Waals surface area contributed by atoms with Crippen LogP contribution in [0.4, 0.5) is 0 Å². The molecule has 0 saturated carbocycles. The molecule has 0 bridgehead atoms. The van der Waals surface area contributed by atoms with Crippen LogP contribution in [0.15, 0.2) is 43.0 Å². The van der Waals surface area contributed by atoms with Gasteiger partial charge < -0.3 is 14.6 Å². The molecular formula is C15H19N3O2. The maximum Gasteiger partial charge on any atom is 0.224 e. The van der Waals surface area contributed by atoms with Crippen molar-refractivity contribution in [3.8, 4) is 5.75 Å². The number of hydrogen-bond acceptors (Lipinski definition) is 3. The lowest BCUT2D eigenvalue weighted by Gasteiger charge is -2.06. The highest BCUT2D eigenvalue weighted by molar-refractivity contribution is 5.78. The fourth-order valence-corrected chi connectivity index (χ4v) is 1.90. The number of carbonyl (C=O) groups excluding carboxylic acids is 1. The second kappa shape index (κ2) is 7.33. The van der Waals surface area contributed by atoms with Crippen molar-refractivity contribution in [3.63, 3.8) is 0 Å². The Morgan fingerprint density at radius 3 is 2.80 bits per heavy atom. The van der Waals surface area contributed by atoms with Crippen LogP contribution in [0, 0.1) is 0 Å². The number of aryl methyl sites for hydroxylation is 1. The summed E-state index contributed by atoms with van der Waals surface area (Å²) >= 11 is 0. The lowest BCUT2D eigenvalue weighted by Crippen LogP contribution is -2.26. The lowest BCUT2D eigenvalue weighted by molar-refractivity contribution is -0.120. The van der Waals surface area contributed by atoms with E-state index in [9.17, 15) is 4.79 Å². The first kappa shape index (κ1) is 14.1. The molecule has 0 aliphatic carbocycles. The van der Waals surface area contributed by atoms with Gasteiger partial charge in [0, 0.05) is 25.5 Å². The number of hydrogen-bond donors (Lipinski definition) is 1. The van der Waals surface area contributed by atoms with Gasteiger partial charge in [-0.1, -0.05) is 12.1 Å². The Bertz CT molecular complexity index is 521. The van der Waals surface area contributed by atoms with Gasteiger partial charge in [-0.25, -0.2) is 4.98 Å². The normalized spacial score (nSPS) is 10.2. The number of nitrogens with zero attached hydrogens (tertiary/aromatic N) is 2. The molecular weight excluding hydrogens is 254 g/mol. The van der Waals surface area contributed by atoms with Gasteiger partial charge in [0.25, 0.3) is 0 Å². The minimum Gasteiger partial charge on any atom is -0.497 e. The van der Waals surface area contributed by atoms with Crippen LogP contribution in [0.1, 0.15) is 12.0 Å². The number of amides is 1. The molecule has 1 aromatic heterocycles. The molecule has 20 heavy (non-hydrogen) atoms. The number of methoxy groups -OCH3 is 1. The predicted molar refractivity (Wildman–Crippen MR) is 76.6 cm³/mol. The molecule has 106 valence electrons. The SMILES string of the molecule is COc1ccc(CC(=O)NCCCn2ccnc2)cc1. The third-order valence-corrected chi connectivity index (χ3v) is 3.00. The average molecular weight is 273 g/mol. The third kappa shape index (κ3) is 4.42. The first-order valence-corrected chi connectivity index (χ1v) is 6.63. The summed E-state index contributed by atoms with van der Waals surface area (Å²) in [6.45, 7) is 1.54. The number of rotatable bonds is 7. The second-order valence-corrected chi connectivity index (χ2v) is 4.53. The molecule has 0 unspecified atom stereocenters. The molecule has 1 amide bonds. The molecule has 5 heteroatoms. The average Bonchev–Trinajstić information content (AvgIpc) is 2.98. The van der Waals surface area contributed by atoms with E-state index in [0.29, 0.717) is 13.0 Å². The van der Waals surface area contributed by atoms with Gasteiger partial charge in [0.2, 0.25) is 5.91 Å². The van der Waals surface area contributed by atoms with Gasteiger partial charge in [-0.15, -0.1) is 0 Å². The van der Waals surface area contributed by atoms with Crippen LogP contribution >= 0.6 is 0 Å². The smallest absolute Gasteiger partial charge is 0.224 e. The monoisotopic (exact) mass is 273 g/mol. The van der Waals surface area contributed by atoms with E-state index in [1.54, 1.807) is 19.6 Å². The summed E-state index contributed by atoms with van der Waals surface area (Å²) in [6, 6.07) is 7.54. The van der Waals surface area contributed by atoms with Crippen molar-refractivity contribution in [2.24, 2.45) is 0 Å². The molecule has 1 heterocycles. The Balaban J connectivity index is 1.66. The van der Waals surface area contributed by atoms with Crippen LogP contribution in [-0.4, -0.2) is 29.1 Å². The molecule has 2 aromatic rings. The van der Waals surface area contributed by atoms with Gasteiger partial charge in [0.05, 0.1) is 19.9 Å². The number of ether oxygens (including phenoxy) is 1. The second-order valence-electron chi connectivity index (χ2n) is 4.53. The highest BCUT2D eigenvalue weighted by Gasteiger charge is 2.03. The van der Waals surface area contributed by atoms with E-state index in [4.69, 9.17) is 4.74 Å². The fraction of sp³-hybridized carbons (Fsp3) is 0.333.